The molecule has 4 nitrogen and oxygen atoms in total. The summed E-state index contributed by atoms with van der Waals surface area (Å²) in [7, 11) is 1.57. The smallest absolute Gasteiger partial charge is 0.162 e. The van der Waals surface area contributed by atoms with E-state index in [1.54, 1.807) is 13.2 Å². The number of aliphatic imine (C=N–C) groups is 1. The maximum absolute atomic E-state index is 10.7. The van der Waals surface area contributed by atoms with E-state index in [-0.39, 0.29) is 17.5 Å². The predicted molar refractivity (Wildman–Crippen MR) is 120 cm³/mol. The molecule has 0 aromatic heterocycles. The molecule has 2 aromatic carbocycles. The first kappa shape index (κ1) is 21.7. The lowest BCUT2D eigenvalue weighted by Gasteiger charge is -2.38. The summed E-state index contributed by atoms with van der Waals surface area (Å²) < 4.78 is 5.32. The molecule has 0 fully saturated rings. The van der Waals surface area contributed by atoms with Crippen LogP contribution < -0.4 is 10.1 Å². The number of aromatic hydroxyl groups is 1. The van der Waals surface area contributed by atoms with E-state index in [0.29, 0.717) is 17.2 Å². The van der Waals surface area contributed by atoms with Crippen molar-refractivity contribution in [1.82, 2.24) is 5.32 Å². The summed E-state index contributed by atoms with van der Waals surface area (Å²) >= 11 is 6.08. The fourth-order valence-corrected chi connectivity index (χ4v) is 4.14. The highest BCUT2D eigenvalue weighted by molar-refractivity contribution is 6.30. The van der Waals surface area contributed by atoms with Crippen molar-refractivity contribution in [3.8, 4) is 11.5 Å². The fraction of sp³-hybridized carbons (Fsp3) is 0.458. The van der Waals surface area contributed by atoms with E-state index in [2.05, 4.69) is 19.2 Å². The molecule has 29 heavy (non-hydrogen) atoms. The summed E-state index contributed by atoms with van der Waals surface area (Å²) in [5.41, 5.74) is 2.56. The largest absolute Gasteiger partial charge is 0.504 e. The summed E-state index contributed by atoms with van der Waals surface area (Å²) in [5, 5.41) is 15.1. The van der Waals surface area contributed by atoms with E-state index in [1.165, 1.54) is 19.3 Å². The predicted octanol–water partition coefficient (Wildman–Crippen LogP) is 6.26. The number of rotatable bonds is 8. The molecule has 1 aliphatic rings. The zero-order chi connectivity index (χ0) is 20.9. The van der Waals surface area contributed by atoms with Crippen LogP contribution in [-0.4, -0.2) is 23.6 Å². The Morgan fingerprint density at radius 2 is 1.93 bits per heavy atom. The first-order chi connectivity index (χ1) is 14.0. The minimum Gasteiger partial charge on any atom is -0.504 e. The number of methoxy groups -OCH3 is 1. The van der Waals surface area contributed by atoms with Crippen molar-refractivity contribution in [3.05, 3.63) is 58.6 Å². The third-order valence-corrected chi connectivity index (χ3v) is 5.84. The second kappa shape index (κ2) is 9.64. The lowest BCUT2D eigenvalue weighted by Crippen LogP contribution is -2.47. The number of phenolic OH excluding ortho intramolecular Hbond substituents is 1. The van der Waals surface area contributed by atoms with E-state index in [1.807, 2.05) is 36.4 Å². The zero-order valence-corrected chi connectivity index (χ0v) is 18.3. The Hall–Kier alpha value is -2.04. The van der Waals surface area contributed by atoms with Crippen LogP contribution in [0.25, 0.3) is 0 Å². The van der Waals surface area contributed by atoms with Gasteiger partial charge in [-0.2, -0.15) is 0 Å². The van der Waals surface area contributed by atoms with Crippen molar-refractivity contribution < 1.29 is 9.84 Å². The number of nitrogens with zero attached hydrogens (tertiary/aromatic N) is 1. The molecule has 0 unspecified atom stereocenters. The third-order valence-electron chi connectivity index (χ3n) is 5.58. The first-order valence-corrected chi connectivity index (χ1v) is 10.8. The molecular weight excluding hydrogens is 384 g/mol. The summed E-state index contributed by atoms with van der Waals surface area (Å²) in [4.78, 5) is 5.11. The molecule has 3 rings (SSSR count). The van der Waals surface area contributed by atoms with E-state index < -0.39 is 0 Å². The van der Waals surface area contributed by atoms with Crippen LogP contribution in [0.3, 0.4) is 0 Å². The van der Waals surface area contributed by atoms with Crippen molar-refractivity contribution in [2.24, 2.45) is 4.99 Å². The average molecular weight is 415 g/mol. The van der Waals surface area contributed by atoms with Crippen LogP contribution in [0.5, 0.6) is 11.5 Å². The number of nitrogens with one attached hydrogen (secondary N) is 1. The van der Waals surface area contributed by atoms with Gasteiger partial charge in [0.1, 0.15) is 5.66 Å². The van der Waals surface area contributed by atoms with Gasteiger partial charge in [-0.05, 0) is 43.5 Å². The van der Waals surface area contributed by atoms with Crippen molar-refractivity contribution in [3.63, 3.8) is 0 Å². The number of ether oxygens (including phenoxy) is 1. The number of benzene rings is 2. The van der Waals surface area contributed by atoms with Gasteiger partial charge in [-0.15, -0.1) is 0 Å². The number of halogens is 1. The molecule has 0 saturated carbocycles. The average Bonchev–Trinajstić information content (AvgIpc) is 2.71. The number of hydrogen-bond acceptors (Lipinski definition) is 4. The van der Waals surface area contributed by atoms with Crippen LogP contribution >= 0.6 is 11.6 Å². The zero-order valence-electron chi connectivity index (χ0n) is 17.5. The van der Waals surface area contributed by atoms with E-state index in [4.69, 9.17) is 21.3 Å². The lowest BCUT2D eigenvalue weighted by molar-refractivity contribution is 0.275. The van der Waals surface area contributed by atoms with Gasteiger partial charge in [0.2, 0.25) is 0 Å². The van der Waals surface area contributed by atoms with Crippen LogP contribution in [0.4, 0.5) is 0 Å². The standard InChI is InChI=1S/C24H31ClN2O2/c1-4-5-6-7-15-24(2)26-20(17-11-13-18(25)14-12-17)16-21(27-24)19-9-8-10-22(29-3)23(19)28/h8-14,21,27-28H,4-7,15-16H2,1-3H3/t21-,24+/m0/s1. The van der Waals surface area contributed by atoms with Crippen molar-refractivity contribution in [2.45, 2.75) is 64.1 Å². The number of para-hydroxylation sites is 1. The van der Waals surface area contributed by atoms with Gasteiger partial charge >= 0.3 is 0 Å². The minimum atomic E-state index is -0.388. The van der Waals surface area contributed by atoms with Gasteiger partial charge in [0.05, 0.1) is 7.11 Å². The highest BCUT2D eigenvalue weighted by atomic mass is 35.5. The Kier molecular flexibility index (Phi) is 7.20. The van der Waals surface area contributed by atoms with Gasteiger partial charge in [0.25, 0.3) is 0 Å². The minimum absolute atomic E-state index is 0.0514. The number of unbranched alkanes of at least 4 members (excludes halogenated alkanes) is 3. The Labute approximate surface area is 179 Å². The second-order valence-electron chi connectivity index (χ2n) is 7.95. The molecule has 156 valence electrons. The molecule has 1 heterocycles. The maximum atomic E-state index is 10.7. The van der Waals surface area contributed by atoms with Gasteiger partial charge in [0.15, 0.2) is 11.5 Å². The van der Waals surface area contributed by atoms with Gasteiger partial charge < -0.3 is 9.84 Å². The first-order valence-electron chi connectivity index (χ1n) is 10.4. The molecule has 0 saturated heterocycles. The summed E-state index contributed by atoms with van der Waals surface area (Å²) in [6.07, 6.45) is 6.41. The van der Waals surface area contributed by atoms with Crippen LogP contribution in [0, 0.1) is 0 Å². The highest BCUT2D eigenvalue weighted by Gasteiger charge is 2.34. The summed E-state index contributed by atoms with van der Waals surface area (Å²) in [6.45, 7) is 4.37. The van der Waals surface area contributed by atoms with Crippen molar-refractivity contribution in [1.29, 1.82) is 0 Å². The highest BCUT2D eigenvalue weighted by Crippen LogP contribution is 2.39. The third kappa shape index (κ3) is 5.31. The lowest BCUT2D eigenvalue weighted by atomic mass is 9.90. The molecule has 0 bridgehead atoms. The van der Waals surface area contributed by atoms with Gasteiger partial charge in [-0.1, -0.05) is 62.1 Å². The molecule has 0 radical (unpaired) electrons. The number of phenols is 1. The SMILES string of the molecule is CCCCCC[C@]1(C)N=C(c2ccc(Cl)cc2)C[C@@H](c2cccc(OC)c2O)N1. The Bertz CT molecular complexity index is 850. The second-order valence-corrected chi connectivity index (χ2v) is 8.39. The fourth-order valence-electron chi connectivity index (χ4n) is 4.02. The van der Waals surface area contributed by atoms with E-state index in [0.717, 1.165) is 29.7 Å². The Morgan fingerprint density at radius 1 is 1.17 bits per heavy atom. The number of hydrogen-bond donors (Lipinski definition) is 2. The molecule has 2 aromatic rings. The molecule has 2 N–H and O–H groups in total. The monoisotopic (exact) mass is 414 g/mol. The van der Waals surface area contributed by atoms with E-state index in [9.17, 15) is 5.11 Å². The summed E-state index contributed by atoms with van der Waals surface area (Å²) in [5.74, 6) is 0.683. The maximum Gasteiger partial charge on any atom is 0.162 e. The van der Waals surface area contributed by atoms with E-state index >= 15 is 0 Å². The molecule has 0 aliphatic carbocycles. The van der Waals surface area contributed by atoms with Crippen LogP contribution in [0.2, 0.25) is 5.02 Å². The topological polar surface area (TPSA) is 53.9 Å². The normalized spacial score (nSPS) is 21.7. The quantitative estimate of drug-likeness (QED) is 0.501. The van der Waals surface area contributed by atoms with Crippen LogP contribution in [-0.2, 0) is 0 Å². The van der Waals surface area contributed by atoms with Crippen LogP contribution in [0.15, 0.2) is 47.5 Å². The Balaban J connectivity index is 1.93. The molecule has 0 amide bonds. The molecular formula is C24H31ClN2O2. The molecule has 0 spiro atoms. The Morgan fingerprint density at radius 3 is 2.62 bits per heavy atom. The summed E-state index contributed by atoms with van der Waals surface area (Å²) in [6, 6.07) is 13.4. The van der Waals surface area contributed by atoms with Gasteiger partial charge in [-0.25, -0.2) is 0 Å². The van der Waals surface area contributed by atoms with Crippen LogP contribution in [0.1, 0.15) is 69.5 Å². The van der Waals surface area contributed by atoms with Gasteiger partial charge in [0, 0.05) is 28.8 Å². The molecule has 2 atom stereocenters. The van der Waals surface area contributed by atoms with Gasteiger partial charge in [-0.3, -0.25) is 10.3 Å². The molecule has 1 aliphatic heterocycles. The molecule has 5 heteroatoms. The van der Waals surface area contributed by atoms with Crippen molar-refractivity contribution >= 4 is 17.3 Å². The van der Waals surface area contributed by atoms with Crippen molar-refractivity contribution in [2.75, 3.05) is 7.11 Å².